The lowest BCUT2D eigenvalue weighted by molar-refractivity contribution is 1.50. The molecule has 9 aromatic rings. The molecule has 0 heterocycles. The molecule has 0 bridgehead atoms. The third-order valence-electron chi connectivity index (χ3n) is 7.96. The highest BCUT2D eigenvalue weighted by atomic mass is 14.0. The summed E-state index contributed by atoms with van der Waals surface area (Å²) in [5.74, 6) is 0. The summed E-state index contributed by atoms with van der Waals surface area (Å²) in [6.07, 6.45) is 0. The zero-order chi connectivity index (χ0) is 34.1. The molecule has 0 atom stereocenters. The number of fused-ring (bicyclic) bond motifs is 9. The molecule has 0 nitrogen and oxygen atoms in total. The maximum atomic E-state index is 2.18. The number of rotatable bonds is 0. The van der Waals surface area contributed by atoms with Crippen molar-refractivity contribution in [2.75, 3.05) is 0 Å². The fraction of sp³-hybridized carbons (Fsp3) is 0.125. The van der Waals surface area contributed by atoms with E-state index in [1.807, 2.05) is 41.5 Å². The number of hydrogen-bond acceptors (Lipinski definition) is 0. The van der Waals surface area contributed by atoms with Crippen LogP contribution in [-0.2, 0) is 0 Å². The number of hydrogen-bond donors (Lipinski definition) is 0. The van der Waals surface area contributed by atoms with Gasteiger partial charge in [-0.3, -0.25) is 0 Å². The average molecular weight is 625 g/mol. The Morgan fingerprint density at radius 1 is 0.167 bits per heavy atom. The summed E-state index contributed by atoms with van der Waals surface area (Å²) in [5.41, 5.74) is 0. The second-order valence-electron chi connectivity index (χ2n) is 10.5. The second-order valence-corrected chi connectivity index (χ2v) is 10.5. The summed E-state index contributed by atoms with van der Waals surface area (Å²) in [6.45, 7) is 12.0. The minimum absolute atomic E-state index is 1.31. The van der Waals surface area contributed by atoms with E-state index in [0.29, 0.717) is 0 Å². The monoisotopic (exact) mass is 624 g/mol. The van der Waals surface area contributed by atoms with Crippen molar-refractivity contribution in [3.63, 3.8) is 0 Å². The van der Waals surface area contributed by atoms with Crippen molar-refractivity contribution in [2.24, 2.45) is 0 Å². The Labute approximate surface area is 287 Å². The summed E-state index contributed by atoms with van der Waals surface area (Å²) >= 11 is 0. The van der Waals surface area contributed by atoms with E-state index in [4.69, 9.17) is 0 Å². The lowest BCUT2D eigenvalue weighted by atomic mass is 10.0. The van der Waals surface area contributed by atoms with Crippen molar-refractivity contribution in [1.29, 1.82) is 0 Å². The predicted octanol–water partition coefficient (Wildman–Crippen LogP) is 15.1. The van der Waals surface area contributed by atoms with Crippen LogP contribution in [0.15, 0.2) is 182 Å². The van der Waals surface area contributed by atoms with Crippen LogP contribution >= 0.6 is 0 Å². The van der Waals surface area contributed by atoms with Gasteiger partial charge < -0.3 is 0 Å². The molecule has 0 aliphatic rings. The van der Waals surface area contributed by atoms with Crippen molar-refractivity contribution in [3.8, 4) is 0 Å². The third kappa shape index (κ3) is 8.27. The largest absolute Gasteiger partial charge is 0.0683 e. The summed E-state index contributed by atoms with van der Waals surface area (Å²) in [4.78, 5) is 0. The van der Waals surface area contributed by atoms with Gasteiger partial charge in [0, 0.05) is 0 Å². The molecule has 0 aliphatic heterocycles. The SMILES string of the molecule is CC.CC.CC.c1ccc2c(c1)ccc1ccccc12.c1ccc2c(c1)ccc1ccccc12.c1ccc2c(c1)ccc1ccccc12. The Morgan fingerprint density at radius 3 is 0.438 bits per heavy atom. The second kappa shape index (κ2) is 18.6. The Hall–Kier alpha value is -5.46. The first-order valence-corrected chi connectivity index (χ1v) is 17.4. The van der Waals surface area contributed by atoms with Crippen molar-refractivity contribution >= 4 is 64.6 Å². The zero-order valence-electron chi connectivity index (χ0n) is 29.3. The van der Waals surface area contributed by atoms with E-state index in [2.05, 4.69) is 182 Å². The van der Waals surface area contributed by atoms with E-state index in [0.717, 1.165) is 0 Å². The predicted molar refractivity (Wildman–Crippen MR) is 218 cm³/mol. The normalized spacial score (nSPS) is 9.88. The fourth-order valence-electron chi connectivity index (χ4n) is 5.86. The first-order valence-electron chi connectivity index (χ1n) is 17.4. The lowest BCUT2D eigenvalue weighted by Gasteiger charge is -2.02. The molecular formula is C48H48. The summed E-state index contributed by atoms with van der Waals surface area (Å²) in [6, 6.07) is 64.1. The highest BCUT2D eigenvalue weighted by Crippen LogP contribution is 2.26. The van der Waals surface area contributed by atoms with Gasteiger partial charge in [-0.25, -0.2) is 0 Å². The van der Waals surface area contributed by atoms with Gasteiger partial charge >= 0.3 is 0 Å². The quantitative estimate of drug-likeness (QED) is 0.147. The average Bonchev–Trinajstić information content (AvgIpc) is 3.20. The molecule has 9 aromatic carbocycles. The van der Waals surface area contributed by atoms with Crippen LogP contribution in [0.25, 0.3) is 64.6 Å². The fourth-order valence-corrected chi connectivity index (χ4v) is 5.86. The molecule has 0 unspecified atom stereocenters. The zero-order valence-corrected chi connectivity index (χ0v) is 29.3. The van der Waals surface area contributed by atoms with Crippen molar-refractivity contribution < 1.29 is 0 Å². The van der Waals surface area contributed by atoms with Crippen molar-refractivity contribution in [3.05, 3.63) is 182 Å². The van der Waals surface area contributed by atoms with E-state index in [1.54, 1.807) is 0 Å². The van der Waals surface area contributed by atoms with Gasteiger partial charge in [0.1, 0.15) is 0 Å². The highest BCUT2D eigenvalue weighted by molar-refractivity contribution is 6.09. The molecule has 0 saturated heterocycles. The van der Waals surface area contributed by atoms with Crippen LogP contribution in [0, 0.1) is 0 Å². The Bertz CT molecular complexity index is 1880. The van der Waals surface area contributed by atoms with Gasteiger partial charge in [0.15, 0.2) is 0 Å². The van der Waals surface area contributed by atoms with Gasteiger partial charge in [0.05, 0.1) is 0 Å². The van der Waals surface area contributed by atoms with Gasteiger partial charge in [-0.15, -0.1) is 0 Å². The standard InChI is InChI=1S/3C14H10.3C2H6/c3*1-3-7-13-11(5-1)9-10-12-6-2-4-8-14(12)13;3*1-2/h3*1-10H;3*1-2H3. The summed E-state index contributed by atoms with van der Waals surface area (Å²) < 4.78 is 0. The molecule has 0 aliphatic carbocycles. The molecule has 0 amide bonds. The molecule has 9 rings (SSSR count). The summed E-state index contributed by atoms with van der Waals surface area (Å²) in [5, 5.41) is 15.9. The molecule has 0 heteroatoms. The van der Waals surface area contributed by atoms with Crippen LogP contribution in [0.4, 0.5) is 0 Å². The maximum absolute atomic E-state index is 2.18. The van der Waals surface area contributed by atoms with Crippen LogP contribution < -0.4 is 0 Å². The summed E-state index contributed by atoms with van der Waals surface area (Å²) in [7, 11) is 0. The first kappa shape index (κ1) is 35.4. The maximum Gasteiger partial charge on any atom is -0.0105 e. The lowest BCUT2D eigenvalue weighted by Crippen LogP contribution is -1.75. The van der Waals surface area contributed by atoms with E-state index in [1.165, 1.54) is 64.6 Å². The molecule has 0 fully saturated rings. The van der Waals surface area contributed by atoms with Crippen LogP contribution in [0.5, 0.6) is 0 Å². The smallest absolute Gasteiger partial charge is 0.0105 e. The molecular weight excluding hydrogens is 577 g/mol. The topological polar surface area (TPSA) is 0 Å². The van der Waals surface area contributed by atoms with E-state index in [9.17, 15) is 0 Å². The molecule has 0 saturated carbocycles. The van der Waals surface area contributed by atoms with Gasteiger partial charge in [-0.05, 0) is 64.6 Å². The Morgan fingerprint density at radius 2 is 0.292 bits per heavy atom. The highest BCUT2D eigenvalue weighted by Gasteiger charge is 1.99. The van der Waals surface area contributed by atoms with E-state index in [-0.39, 0.29) is 0 Å². The van der Waals surface area contributed by atoms with Crippen LogP contribution in [0.1, 0.15) is 41.5 Å². The third-order valence-corrected chi connectivity index (χ3v) is 7.96. The van der Waals surface area contributed by atoms with E-state index >= 15 is 0 Å². The minimum atomic E-state index is 1.31. The first-order chi connectivity index (χ1) is 23.8. The molecule has 48 heavy (non-hydrogen) atoms. The molecule has 0 radical (unpaired) electrons. The Kier molecular flexibility index (Phi) is 13.7. The van der Waals surface area contributed by atoms with Gasteiger partial charge in [-0.1, -0.05) is 224 Å². The minimum Gasteiger partial charge on any atom is -0.0683 e. The molecule has 0 N–H and O–H groups in total. The van der Waals surface area contributed by atoms with Gasteiger partial charge in [0.25, 0.3) is 0 Å². The van der Waals surface area contributed by atoms with Gasteiger partial charge in [0.2, 0.25) is 0 Å². The Balaban J connectivity index is 0.000000151. The van der Waals surface area contributed by atoms with Crippen LogP contribution in [0.2, 0.25) is 0 Å². The van der Waals surface area contributed by atoms with Crippen molar-refractivity contribution in [2.45, 2.75) is 41.5 Å². The molecule has 240 valence electrons. The van der Waals surface area contributed by atoms with Crippen molar-refractivity contribution in [1.82, 2.24) is 0 Å². The van der Waals surface area contributed by atoms with Crippen LogP contribution in [-0.4, -0.2) is 0 Å². The molecule has 0 spiro atoms. The van der Waals surface area contributed by atoms with Gasteiger partial charge in [-0.2, -0.15) is 0 Å². The van der Waals surface area contributed by atoms with E-state index < -0.39 is 0 Å². The van der Waals surface area contributed by atoms with Crippen LogP contribution in [0.3, 0.4) is 0 Å². The molecule has 0 aromatic heterocycles. The number of benzene rings is 9.